The second-order valence-electron chi connectivity index (χ2n) is 6.47. The molecule has 0 N–H and O–H groups in total. The first-order chi connectivity index (χ1) is 14.1. The molecule has 0 saturated carbocycles. The topological polar surface area (TPSA) is 31.2 Å². The third kappa shape index (κ3) is 4.61. The molecular formula is C21H16F5NO2Si. The van der Waals surface area contributed by atoms with Crippen LogP contribution < -0.4 is 15.5 Å². The van der Waals surface area contributed by atoms with Crippen LogP contribution in [0.3, 0.4) is 0 Å². The molecule has 0 atom stereocenters. The van der Waals surface area contributed by atoms with Gasteiger partial charge in [0, 0.05) is 30.4 Å². The van der Waals surface area contributed by atoms with Crippen molar-refractivity contribution in [2.24, 2.45) is 7.05 Å². The number of benzene rings is 2. The summed E-state index contributed by atoms with van der Waals surface area (Å²) in [6.07, 6.45) is -3.57. The SMILES string of the molecule is CC[Si]c1ccc(Oc2ccc(F)cc2F)c(-c2cc(C(F)(F)F)c(=O)n(C)c2)c1. The first-order valence-electron chi connectivity index (χ1n) is 8.89. The molecule has 0 aliphatic heterocycles. The first kappa shape index (κ1) is 21.8. The van der Waals surface area contributed by atoms with Gasteiger partial charge in [-0.1, -0.05) is 30.3 Å². The molecule has 1 aromatic heterocycles. The molecule has 30 heavy (non-hydrogen) atoms. The third-order valence-electron chi connectivity index (χ3n) is 4.27. The number of ether oxygens (including phenoxy) is 1. The molecule has 0 fully saturated rings. The molecule has 0 bridgehead atoms. The second-order valence-corrected chi connectivity index (χ2v) is 8.11. The fourth-order valence-corrected chi connectivity index (χ4v) is 3.75. The predicted molar refractivity (Wildman–Crippen MR) is 104 cm³/mol. The molecule has 3 nitrogen and oxygen atoms in total. The van der Waals surface area contributed by atoms with Crippen molar-refractivity contribution in [3.8, 4) is 22.6 Å². The zero-order valence-electron chi connectivity index (χ0n) is 16.0. The summed E-state index contributed by atoms with van der Waals surface area (Å²) in [5.74, 6) is -1.93. The van der Waals surface area contributed by atoms with Crippen LogP contribution in [0.4, 0.5) is 22.0 Å². The predicted octanol–water partition coefficient (Wildman–Crippen LogP) is 4.91. The van der Waals surface area contributed by atoms with Crippen LogP contribution in [-0.4, -0.2) is 14.1 Å². The van der Waals surface area contributed by atoms with Gasteiger partial charge in [-0.25, -0.2) is 8.78 Å². The van der Waals surface area contributed by atoms with E-state index in [0.717, 1.165) is 34.0 Å². The van der Waals surface area contributed by atoms with Gasteiger partial charge in [-0.15, -0.1) is 0 Å². The maximum atomic E-state index is 14.0. The van der Waals surface area contributed by atoms with E-state index in [-0.39, 0.29) is 22.6 Å². The highest BCUT2D eigenvalue weighted by molar-refractivity contribution is 6.53. The van der Waals surface area contributed by atoms with Crippen LogP contribution in [0.5, 0.6) is 11.5 Å². The lowest BCUT2D eigenvalue weighted by atomic mass is 10.0. The molecule has 0 aliphatic rings. The standard InChI is InChI=1S/C21H16F5NO2Si/c1-3-30-14-5-7-18(29-19-6-4-13(22)9-17(19)23)15(10-14)12-8-16(21(24,25)26)20(28)27(2)11-12/h4-11H,3H2,1-2H3. The molecule has 2 radical (unpaired) electrons. The smallest absolute Gasteiger partial charge is 0.421 e. The number of halogens is 5. The Labute approximate surface area is 171 Å². The Morgan fingerprint density at radius 3 is 2.37 bits per heavy atom. The van der Waals surface area contributed by atoms with Gasteiger partial charge in [0.2, 0.25) is 0 Å². The zero-order chi connectivity index (χ0) is 22.1. The summed E-state index contributed by atoms with van der Waals surface area (Å²) in [7, 11) is 1.62. The number of alkyl halides is 3. The number of aryl methyl sites for hydroxylation is 1. The van der Waals surface area contributed by atoms with E-state index in [2.05, 4.69) is 0 Å². The van der Waals surface area contributed by atoms with E-state index < -0.39 is 28.9 Å². The molecule has 2 aromatic carbocycles. The molecule has 9 heteroatoms. The molecule has 0 aliphatic carbocycles. The summed E-state index contributed by atoms with van der Waals surface area (Å²) in [6, 6.07) is 9.24. The summed E-state index contributed by atoms with van der Waals surface area (Å²) in [4.78, 5) is 11.9. The van der Waals surface area contributed by atoms with E-state index in [1.54, 1.807) is 12.1 Å². The molecule has 3 aromatic rings. The Bertz CT molecular complexity index is 1140. The van der Waals surface area contributed by atoms with Crippen molar-refractivity contribution in [3.05, 3.63) is 76.2 Å². The highest BCUT2D eigenvalue weighted by Crippen LogP contribution is 2.36. The van der Waals surface area contributed by atoms with E-state index in [1.807, 2.05) is 6.92 Å². The van der Waals surface area contributed by atoms with E-state index >= 15 is 0 Å². The van der Waals surface area contributed by atoms with Gasteiger partial charge in [-0.3, -0.25) is 4.79 Å². The van der Waals surface area contributed by atoms with Crippen molar-refractivity contribution in [1.29, 1.82) is 0 Å². The van der Waals surface area contributed by atoms with Crippen LogP contribution in [-0.2, 0) is 13.2 Å². The van der Waals surface area contributed by atoms with E-state index in [0.29, 0.717) is 15.6 Å². The largest absolute Gasteiger partial charge is 0.454 e. The van der Waals surface area contributed by atoms with Gasteiger partial charge in [0.05, 0.1) is 9.52 Å². The van der Waals surface area contributed by atoms with Gasteiger partial charge in [-0.05, 0) is 24.3 Å². The average molecular weight is 437 g/mol. The number of nitrogens with zero attached hydrogens (tertiary/aromatic N) is 1. The van der Waals surface area contributed by atoms with Crippen molar-refractivity contribution in [3.63, 3.8) is 0 Å². The third-order valence-corrected chi connectivity index (χ3v) is 5.35. The van der Waals surface area contributed by atoms with Gasteiger partial charge in [-0.2, -0.15) is 13.2 Å². The van der Waals surface area contributed by atoms with Crippen LogP contribution in [0, 0.1) is 11.6 Å². The minimum atomic E-state index is -4.84. The second kappa shape index (κ2) is 8.43. The Morgan fingerprint density at radius 2 is 1.73 bits per heavy atom. The maximum absolute atomic E-state index is 14.0. The number of pyridine rings is 1. The van der Waals surface area contributed by atoms with Crippen molar-refractivity contribution < 1.29 is 26.7 Å². The van der Waals surface area contributed by atoms with Gasteiger partial charge in [0.1, 0.15) is 17.1 Å². The monoisotopic (exact) mass is 437 g/mol. The quantitative estimate of drug-likeness (QED) is 0.420. The molecule has 1 heterocycles. The Kier molecular flexibility index (Phi) is 6.11. The highest BCUT2D eigenvalue weighted by Gasteiger charge is 2.35. The van der Waals surface area contributed by atoms with Crippen molar-refractivity contribution in [2.75, 3.05) is 0 Å². The van der Waals surface area contributed by atoms with Gasteiger partial charge in [0.25, 0.3) is 5.56 Å². The Hall–Kier alpha value is -2.94. The molecular weight excluding hydrogens is 421 g/mol. The Balaban J connectivity index is 2.18. The summed E-state index contributed by atoms with van der Waals surface area (Å²) >= 11 is 0. The highest BCUT2D eigenvalue weighted by atomic mass is 28.2. The van der Waals surface area contributed by atoms with Crippen molar-refractivity contribution in [1.82, 2.24) is 4.57 Å². The Morgan fingerprint density at radius 1 is 1.03 bits per heavy atom. The molecule has 3 rings (SSSR count). The van der Waals surface area contributed by atoms with Crippen LogP contribution >= 0.6 is 0 Å². The van der Waals surface area contributed by atoms with Crippen LogP contribution in [0.15, 0.2) is 53.5 Å². The molecule has 0 saturated heterocycles. The zero-order valence-corrected chi connectivity index (χ0v) is 17.0. The minimum Gasteiger partial charge on any atom is -0.454 e. The summed E-state index contributed by atoms with van der Waals surface area (Å²) < 4.78 is 73.6. The average Bonchev–Trinajstić information content (AvgIpc) is 2.66. The lowest BCUT2D eigenvalue weighted by molar-refractivity contribution is -0.138. The molecule has 0 spiro atoms. The van der Waals surface area contributed by atoms with Gasteiger partial charge < -0.3 is 9.30 Å². The fourth-order valence-electron chi connectivity index (χ4n) is 2.90. The van der Waals surface area contributed by atoms with Crippen molar-refractivity contribution in [2.45, 2.75) is 19.1 Å². The van der Waals surface area contributed by atoms with Crippen molar-refractivity contribution >= 4 is 14.7 Å². The van der Waals surface area contributed by atoms with Gasteiger partial charge in [0.15, 0.2) is 11.6 Å². The lowest BCUT2D eigenvalue weighted by Crippen LogP contribution is -2.26. The van der Waals surface area contributed by atoms with Crippen LogP contribution in [0.25, 0.3) is 11.1 Å². The number of aromatic nitrogens is 1. The first-order valence-corrected chi connectivity index (χ1v) is 10.1. The van der Waals surface area contributed by atoms with Gasteiger partial charge >= 0.3 is 6.18 Å². The van der Waals surface area contributed by atoms with Crippen LogP contribution in [0.2, 0.25) is 6.04 Å². The van der Waals surface area contributed by atoms with E-state index in [9.17, 15) is 26.7 Å². The lowest BCUT2D eigenvalue weighted by Gasteiger charge is -2.16. The number of hydrogen-bond acceptors (Lipinski definition) is 2. The summed E-state index contributed by atoms with van der Waals surface area (Å²) in [5.41, 5.74) is -2.14. The van der Waals surface area contributed by atoms with E-state index in [4.69, 9.17) is 4.74 Å². The van der Waals surface area contributed by atoms with E-state index in [1.165, 1.54) is 19.3 Å². The molecule has 0 amide bonds. The maximum Gasteiger partial charge on any atom is 0.421 e. The number of rotatable bonds is 5. The summed E-state index contributed by atoms with van der Waals surface area (Å²) in [6.45, 7) is 1.96. The summed E-state index contributed by atoms with van der Waals surface area (Å²) in [5, 5.41) is 0.863. The molecule has 156 valence electrons. The fraction of sp³-hybridized carbons (Fsp3) is 0.190. The number of hydrogen-bond donors (Lipinski definition) is 0. The molecule has 0 unspecified atom stereocenters. The normalized spacial score (nSPS) is 11.6. The van der Waals surface area contributed by atoms with Crippen LogP contribution in [0.1, 0.15) is 12.5 Å². The minimum absolute atomic E-state index is 0.0805.